The SMILES string of the molecule is CCCC1CCC(C(=NN=Cc2ccc(OC(F)(F)F)cc2)c2ccccc2)CC1. The van der Waals surface area contributed by atoms with Crippen molar-refractivity contribution in [3.05, 3.63) is 65.7 Å². The summed E-state index contributed by atoms with van der Waals surface area (Å²) in [5, 5.41) is 8.79. The third-order valence-corrected chi connectivity index (χ3v) is 5.49. The van der Waals surface area contributed by atoms with Crippen LogP contribution < -0.4 is 4.74 Å². The lowest BCUT2D eigenvalue weighted by atomic mass is 9.77. The van der Waals surface area contributed by atoms with E-state index in [0.29, 0.717) is 11.5 Å². The van der Waals surface area contributed by atoms with Gasteiger partial charge in [-0.15, -0.1) is 13.2 Å². The van der Waals surface area contributed by atoms with E-state index >= 15 is 0 Å². The van der Waals surface area contributed by atoms with Gasteiger partial charge in [0.15, 0.2) is 0 Å². The van der Waals surface area contributed by atoms with Crippen LogP contribution in [0.4, 0.5) is 13.2 Å². The minimum Gasteiger partial charge on any atom is -0.406 e. The van der Waals surface area contributed by atoms with Gasteiger partial charge < -0.3 is 4.74 Å². The summed E-state index contributed by atoms with van der Waals surface area (Å²) in [6, 6.07) is 15.7. The summed E-state index contributed by atoms with van der Waals surface area (Å²) in [5.74, 6) is 0.932. The number of benzene rings is 2. The van der Waals surface area contributed by atoms with Crippen LogP contribution in [0.15, 0.2) is 64.8 Å². The average molecular weight is 416 g/mol. The predicted octanol–water partition coefficient (Wildman–Crippen LogP) is 7.01. The molecule has 160 valence electrons. The molecule has 1 aliphatic carbocycles. The average Bonchev–Trinajstić information content (AvgIpc) is 2.73. The maximum atomic E-state index is 12.3. The Labute approximate surface area is 175 Å². The molecule has 0 spiro atoms. The third-order valence-electron chi connectivity index (χ3n) is 5.49. The molecule has 1 fully saturated rings. The summed E-state index contributed by atoms with van der Waals surface area (Å²) in [5.41, 5.74) is 2.72. The van der Waals surface area contributed by atoms with Crippen molar-refractivity contribution >= 4 is 11.9 Å². The fourth-order valence-electron chi connectivity index (χ4n) is 4.03. The smallest absolute Gasteiger partial charge is 0.406 e. The van der Waals surface area contributed by atoms with Crippen molar-refractivity contribution in [2.24, 2.45) is 22.0 Å². The van der Waals surface area contributed by atoms with Crippen LogP contribution in [0.25, 0.3) is 0 Å². The fraction of sp³-hybridized carbons (Fsp3) is 0.417. The summed E-state index contributed by atoms with van der Waals surface area (Å²) in [4.78, 5) is 0. The number of rotatable bonds is 7. The highest BCUT2D eigenvalue weighted by atomic mass is 19.4. The summed E-state index contributed by atoms with van der Waals surface area (Å²) in [6.07, 6.45) is 4.03. The summed E-state index contributed by atoms with van der Waals surface area (Å²) < 4.78 is 40.7. The first-order chi connectivity index (χ1) is 14.4. The monoisotopic (exact) mass is 416 g/mol. The lowest BCUT2D eigenvalue weighted by Crippen LogP contribution is -2.22. The number of nitrogens with zero attached hydrogens (tertiary/aromatic N) is 2. The first kappa shape index (κ1) is 22.1. The Morgan fingerprint density at radius 1 is 1.00 bits per heavy atom. The van der Waals surface area contributed by atoms with Gasteiger partial charge in [0.25, 0.3) is 0 Å². The molecule has 6 heteroatoms. The van der Waals surface area contributed by atoms with Crippen LogP contribution in [0.1, 0.15) is 56.6 Å². The molecule has 0 saturated heterocycles. The molecule has 0 aliphatic heterocycles. The molecule has 0 unspecified atom stereocenters. The molecule has 0 radical (unpaired) electrons. The maximum absolute atomic E-state index is 12.3. The Morgan fingerprint density at radius 3 is 2.27 bits per heavy atom. The van der Waals surface area contributed by atoms with Gasteiger partial charge in [0, 0.05) is 5.92 Å². The van der Waals surface area contributed by atoms with E-state index in [4.69, 9.17) is 0 Å². The van der Waals surface area contributed by atoms with Crippen molar-refractivity contribution in [2.75, 3.05) is 0 Å². The lowest BCUT2D eigenvalue weighted by Gasteiger charge is -2.29. The van der Waals surface area contributed by atoms with Gasteiger partial charge in [0.1, 0.15) is 5.75 Å². The van der Waals surface area contributed by atoms with Crippen LogP contribution in [0.2, 0.25) is 0 Å². The van der Waals surface area contributed by atoms with Gasteiger partial charge in [-0.1, -0.05) is 50.1 Å². The van der Waals surface area contributed by atoms with Crippen molar-refractivity contribution in [1.82, 2.24) is 0 Å². The fourth-order valence-corrected chi connectivity index (χ4v) is 4.03. The maximum Gasteiger partial charge on any atom is 0.573 e. The molecule has 3 nitrogen and oxygen atoms in total. The minimum absolute atomic E-state index is 0.253. The second-order valence-corrected chi connectivity index (χ2v) is 7.72. The van der Waals surface area contributed by atoms with E-state index < -0.39 is 6.36 Å². The topological polar surface area (TPSA) is 34.0 Å². The van der Waals surface area contributed by atoms with Crippen LogP contribution in [-0.4, -0.2) is 18.3 Å². The Morgan fingerprint density at radius 2 is 1.67 bits per heavy atom. The van der Waals surface area contributed by atoms with Gasteiger partial charge >= 0.3 is 6.36 Å². The molecule has 2 aromatic rings. The normalized spacial score (nSPS) is 20.5. The number of hydrogen-bond acceptors (Lipinski definition) is 3. The molecular weight excluding hydrogens is 389 g/mol. The molecule has 0 amide bonds. The highest BCUT2D eigenvalue weighted by Crippen LogP contribution is 2.33. The zero-order valence-corrected chi connectivity index (χ0v) is 17.1. The van der Waals surface area contributed by atoms with Gasteiger partial charge in [0.05, 0.1) is 11.9 Å². The lowest BCUT2D eigenvalue weighted by molar-refractivity contribution is -0.274. The number of halogens is 3. The minimum atomic E-state index is -4.69. The molecule has 0 N–H and O–H groups in total. The van der Waals surface area contributed by atoms with Gasteiger partial charge in [-0.05, 0) is 67.0 Å². The van der Waals surface area contributed by atoms with E-state index in [0.717, 1.165) is 30.0 Å². The van der Waals surface area contributed by atoms with Crippen LogP contribution in [0.5, 0.6) is 5.75 Å². The van der Waals surface area contributed by atoms with Crippen LogP contribution in [0.3, 0.4) is 0 Å². The molecule has 0 atom stereocenters. The Hall–Kier alpha value is -2.63. The van der Waals surface area contributed by atoms with E-state index in [9.17, 15) is 13.2 Å². The molecule has 1 aliphatic rings. The van der Waals surface area contributed by atoms with Gasteiger partial charge in [-0.2, -0.15) is 10.2 Å². The van der Waals surface area contributed by atoms with E-state index in [1.54, 1.807) is 6.21 Å². The summed E-state index contributed by atoms with van der Waals surface area (Å²) in [6.45, 7) is 2.24. The first-order valence-electron chi connectivity index (χ1n) is 10.5. The Kier molecular flexibility index (Phi) is 7.66. The van der Waals surface area contributed by atoms with Crippen molar-refractivity contribution in [3.63, 3.8) is 0 Å². The molecule has 0 aromatic heterocycles. The van der Waals surface area contributed by atoms with Crippen LogP contribution >= 0.6 is 0 Å². The van der Waals surface area contributed by atoms with Crippen molar-refractivity contribution in [2.45, 2.75) is 51.8 Å². The van der Waals surface area contributed by atoms with E-state index in [2.05, 4.69) is 34.0 Å². The van der Waals surface area contributed by atoms with Gasteiger partial charge in [0.2, 0.25) is 0 Å². The number of hydrogen-bond donors (Lipinski definition) is 0. The standard InChI is InChI=1S/C24H27F3N2O/c1-2-6-18-9-13-21(14-10-18)23(20-7-4-3-5-8-20)29-28-17-19-11-15-22(16-12-19)30-24(25,26)27/h3-5,7-8,11-12,15-18,21H,2,6,9-10,13-14H2,1H3. The number of ether oxygens (including phenoxy) is 1. The molecule has 0 bridgehead atoms. The second kappa shape index (κ2) is 10.4. The van der Waals surface area contributed by atoms with Gasteiger partial charge in [-0.25, -0.2) is 0 Å². The highest BCUT2D eigenvalue weighted by Gasteiger charge is 2.31. The van der Waals surface area contributed by atoms with E-state index in [-0.39, 0.29) is 5.75 Å². The van der Waals surface area contributed by atoms with Crippen LogP contribution in [-0.2, 0) is 0 Å². The Balaban J connectivity index is 1.72. The zero-order chi connectivity index (χ0) is 21.4. The highest BCUT2D eigenvalue weighted by molar-refractivity contribution is 6.02. The molecule has 1 saturated carbocycles. The Bertz CT molecular complexity index is 837. The predicted molar refractivity (Wildman–Crippen MR) is 114 cm³/mol. The molecule has 2 aromatic carbocycles. The molecule has 30 heavy (non-hydrogen) atoms. The van der Waals surface area contributed by atoms with Crippen molar-refractivity contribution in [1.29, 1.82) is 0 Å². The number of alkyl halides is 3. The van der Waals surface area contributed by atoms with E-state index in [1.807, 2.05) is 18.2 Å². The van der Waals surface area contributed by atoms with Crippen LogP contribution in [0, 0.1) is 11.8 Å². The van der Waals surface area contributed by atoms with Gasteiger partial charge in [-0.3, -0.25) is 0 Å². The molecule has 3 rings (SSSR count). The summed E-state index contributed by atoms with van der Waals surface area (Å²) >= 11 is 0. The summed E-state index contributed by atoms with van der Waals surface area (Å²) in [7, 11) is 0. The first-order valence-corrected chi connectivity index (χ1v) is 10.5. The van der Waals surface area contributed by atoms with E-state index in [1.165, 1.54) is 49.9 Å². The molecular formula is C24H27F3N2O. The van der Waals surface area contributed by atoms with Crippen molar-refractivity contribution in [3.8, 4) is 5.75 Å². The second-order valence-electron chi connectivity index (χ2n) is 7.72. The van der Waals surface area contributed by atoms with Crippen molar-refractivity contribution < 1.29 is 17.9 Å². The largest absolute Gasteiger partial charge is 0.573 e. The third kappa shape index (κ3) is 6.71. The molecule has 0 heterocycles. The zero-order valence-electron chi connectivity index (χ0n) is 17.1. The quantitative estimate of drug-likeness (QED) is 0.353.